The maximum Gasteiger partial charge on any atom is 0.435 e. The minimum absolute atomic E-state index is 0.0250. The quantitative estimate of drug-likeness (QED) is 0.695. The number of nitrogens with zero attached hydrogens (tertiary/aromatic N) is 7. The first-order valence-corrected chi connectivity index (χ1v) is 7.13. The van der Waals surface area contributed by atoms with Gasteiger partial charge in [0.1, 0.15) is 12.3 Å². The summed E-state index contributed by atoms with van der Waals surface area (Å²) in [6.45, 7) is 1.81. The first-order chi connectivity index (χ1) is 11.8. The number of hydrogen-bond donors (Lipinski definition) is 0. The second kappa shape index (κ2) is 6.59. The molecule has 0 aromatic carbocycles. The van der Waals surface area contributed by atoms with Crippen LogP contribution in [0.5, 0.6) is 6.01 Å². The van der Waals surface area contributed by atoms with Gasteiger partial charge >= 0.3 is 12.2 Å². The van der Waals surface area contributed by atoms with Gasteiger partial charge in [-0.15, -0.1) is 5.10 Å². The summed E-state index contributed by atoms with van der Waals surface area (Å²) in [4.78, 5) is 15.0. The first-order valence-electron chi connectivity index (χ1n) is 6.76. The molecule has 130 valence electrons. The van der Waals surface area contributed by atoms with Gasteiger partial charge in [-0.25, -0.2) is 19.9 Å². The van der Waals surface area contributed by atoms with Crippen LogP contribution in [0.25, 0.3) is 5.95 Å². The highest BCUT2D eigenvalue weighted by Crippen LogP contribution is 2.32. The monoisotopic (exact) mass is 371 g/mol. The lowest BCUT2D eigenvalue weighted by Crippen LogP contribution is -2.13. The third-order valence-corrected chi connectivity index (χ3v) is 3.13. The Kier molecular flexibility index (Phi) is 4.49. The average Bonchev–Trinajstić information content (AvgIpc) is 3.03. The van der Waals surface area contributed by atoms with Crippen molar-refractivity contribution in [1.29, 1.82) is 0 Å². The van der Waals surface area contributed by atoms with E-state index in [1.807, 2.05) is 6.92 Å². The van der Waals surface area contributed by atoms with Crippen LogP contribution in [-0.4, -0.2) is 34.9 Å². The third kappa shape index (κ3) is 3.99. The van der Waals surface area contributed by atoms with E-state index in [0.29, 0.717) is 5.69 Å². The van der Waals surface area contributed by atoms with Crippen molar-refractivity contribution >= 4 is 11.6 Å². The lowest BCUT2D eigenvalue weighted by molar-refractivity contribution is -0.141. The van der Waals surface area contributed by atoms with Crippen molar-refractivity contribution in [3.05, 3.63) is 46.8 Å². The molecule has 0 bridgehead atoms. The minimum Gasteiger partial charge on any atom is -0.457 e. The standard InChI is InChI=1S/C13H9ClF3N7O/c1-7-2-19-12(20-3-7)25-6-8-5-24(23-22-8)11-18-4-9(14)10(21-11)13(15,16)17/h2-5H,6H2,1H3. The van der Waals surface area contributed by atoms with E-state index in [4.69, 9.17) is 16.3 Å². The molecular weight excluding hydrogens is 363 g/mol. The van der Waals surface area contributed by atoms with Crippen LogP contribution < -0.4 is 4.74 Å². The van der Waals surface area contributed by atoms with Crippen molar-refractivity contribution in [1.82, 2.24) is 34.9 Å². The van der Waals surface area contributed by atoms with Crippen molar-refractivity contribution in [2.45, 2.75) is 19.7 Å². The first kappa shape index (κ1) is 17.0. The molecule has 0 aliphatic carbocycles. The Morgan fingerprint density at radius 2 is 1.88 bits per heavy atom. The Labute approximate surface area is 143 Å². The fourth-order valence-electron chi connectivity index (χ4n) is 1.72. The summed E-state index contributed by atoms with van der Waals surface area (Å²) in [7, 11) is 0. The number of rotatable bonds is 4. The maximum absolute atomic E-state index is 12.8. The lowest BCUT2D eigenvalue weighted by Gasteiger charge is -2.08. The number of halogens is 4. The fourth-order valence-corrected chi connectivity index (χ4v) is 1.92. The highest BCUT2D eigenvalue weighted by Gasteiger charge is 2.36. The topological polar surface area (TPSA) is 91.5 Å². The Bertz CT molecular complexity index is 882. The van der Waals surface area contributed by atoms with E-state index in [1.165, 1.54) is 6.20 Å². The van der Waals surface area contributed by atoms with Crippen LogP contribution in [0.1, 0.15) is 17.0 Å². The highest BCUT2D eigenvalue weighted by molar-refractivity contribution is 6.31. The van der Waals surface area contributed by atoms with Crippen molar-refractivity contribution in [3.8, 4) is 12.0 Å². The van der Waals surface area contributed by atoms with E-state index < -0.39 is 16.9 Å². The average molecular weight is 372 g/mol. The van der Waals surface area contributed by atoms with Crippen LogP contribution in [0.2, 0.25) is 5.02 Å². The van der Waals surface area contributed by atoms with Gasteiger partial charge in [0, 0.05) is 12.4 Å². The van der Waals surface area contributed by atoms with Crippen molar-refractivity contribution in [3.63, 3.8) is 0 Å². The Morgan fingerprint density at radius 1 is 1.16 bits per heavy atom. The molecule has 0 radical (unpaired) electrons. The van der Waals surface area contributed by atoms with E-state index in [9.17, 15) is 13.2 Å². The van der Waals surface area contributed by atoms with Gasteiger partial charge in [-0.2, -0.15) is 17.9 Å². The largest absolute Gasteiger partial charge is 0.457 e. The SMILES string of the molecule is Cc1cnc(OCc2cn(-c3ncc(Cl)c(C(F)(F)F)n3)nn2)nc1. The second-order valence-corrected chi connectivity index (χ2v) is 5.26. The second-order valence-electron chi connectivity index (χ2n) is 4.85. The Balaban J connectivity index is 1.76. The van der Waals surface area contributed by atoms with Gasteiger partial charge in [-0.05, 0) is 12.5 Å². The molecular formula is C13H9ClF3N7O. The lowest BCUT2D eigenvalue weighted by atomic mass is 10.4. The molecule has 0 unspecified atom stereocenters. The number of ether oxygens (including phenoxy) is 1. The molecule has 3 rings (SSSR count). The zero-order valence-electron chi connectivity index (χ0n) is 12.6. The summed E-state index contributed by atoms with van der Waals surface area (Å²) >= 11 is 5.48. The maximum atomic E-state index is 12.8. The van der Waals surface area contributed by atoms with E-state index in [-0.39, 0.29) is 18.6 Å². The molecule has 8 nitrogen and oxygen atoms in total. The van der Waals surface area contributed by atoms with Gasteiger partial charge in [0.25, 0.3) is 5.95 Å². The number of hydrogen-bond acceptors (Lipinski definition) is 7. The zero-order valence-corrected chi connectivity index (χ0v) is 13.3. The van der Waals surface area contributed by atoms with Gasteiger partial charge in [-0.1, -0.05) is 16.8 Å². The molecule has 0 N–H and O–H groups in total. The molecule has 12 heteroatoms. The van der Waals surface area contributed by atoms with Gasteiger partial charge < -0.3 is 4.74 Å². The van der Waals surface area contributed by atoms with Crippen molar-refractivity contribution in [2.24, 2.45) is 0 Å². The molecule has 3 heterocycles. The predicted octanol–water partition coefficient (Wildman–Crippen LogP) is 2.41. The van der Waals surface area contributed by atoms with Crippen LogP contribution >= 0.6 is 11.6 Å². The Hall–Kier alpha value is -2.82. The van der Waals surface area contributed by atoms with E-state index in [0.717, 1.165) is 16.4 Å². The molecule has 0 aliphatic rings. The normalized spacial score (nSPS) is 11.6. The van der Waals surface area contributed by atoms with Crippen LogP contribution in [0, 0.1) is 6.92 Å². The molecule has 0 saturated heterocycles. The summed E-state index contributed by atoms with van der Waals surface area (Å²) < 4.78 is 44.8. The molecule has 0 spiro atoms. The number of alkyl halides is 3. The van der Waals surface area contributed by atoms with E-state index in [2.05, 4.69) is 30.2 Å². The van der Waals surface area contributed by atoms with Gasteiger partial charge in [0.2, 0.25) is 0 Å². The highest BCUT2D eigenvalue weighted by atomic mass is 35.5. The molecule has 0 atom stereocenters. The van der Waals surface area contributed by atoms with Crippen LogP contribution in [0.15, 0.2) is 24.8 Å². The summed E-state index contributed by atoms with van der Waals surface area (Å²) in [5, 5.41) is 6.85. The molecule has 3 aromatic heterocycles. The minimum atomic E-state index is -4.70. The van der Waals surface area contributed by atoms with Gasteiger partial charge in [-0.3, -0.25) is 0 Å². The van der Waals surface area contributed by atoms with Gasteiger partial charge in [0.15, 0.2) is 5.69 Å². The molecule has 0 aliphatic heterocycles. The van der Waals surface area contributed by atoms with E-state index in [1.54, 1.807) is 12.4 Å². The fraction of sp³-hybridized carbons (Fsp3) is 0.231. The molecule has 0 saturated carbocycles. The van der Waals surface area contributed by atoms with E-state index >= 15 is 0 Å². The van der Waals surface area contributed by atoms with Gasteiger partial charge in [0.05, 0.1) is 17.4 Å². The third-order valence-electron chi connectivity index (χ3n) is 2.85. The molecule has 0 amide bonds. The van der Waals surface area contributed by atoms with Crippen LogP contribution in [-0.2, 0) is 12.8 Å². The zero-order chi connectivity index (χ0) is 18.0. The molecule has 25 heavy (non-hydrogen) atoms. The number of aryl methyl sites for hydroxylation is 1. The summed E-state index contributed by atoms with van der Waals surface area (Å²) in [6, 6.07) is 0.141. The Morgan fingerprint density at radius 3 is 2.56 bits per heavy atom. The van der Waals surface area contributed by atoms with Crippen LogP contribution in [0.4, 0.5) is 13.2 Å². The van der Waals surface area contributed by atoms with Crippen molar-refractivity contribution in [2.75, 3.05) is 0 Å². The number of aromatic nitrogens is 7. The predicted molar refractivity (Wildman–Crippen MR) is 78.1 cm³/mol. The molecule has 0 fully saturated rings. The van der Waals surface area contributed by atoms with Crippen molar-refractivity contribution < 1.29 is 17.9 Å². The molecule has 3 aromatic rings. The summed E-state index contributed by atoms with van der Waals surface area (Å²) in [6.07, 6.45) is 0.644. The summed E-state index contributed by atoms with van der Waals surface area (Å²) in [5.74, 6) is -0.318. The smallest absolute Gasteiger partial charge is 0.435 e. The summed E-state index contributed by atoms with van der Waals surface area (Å²) in [5.41, 5.74) is -0.0459. The van der Waals surface area contributed by atoms with Crippen LogP contribution in [0.3, 0.4) is 0 Å².